The Morgan fingerprint density at radius 3 is 2.64 bits per heavy atom. The molecule has 0 amide bonds. The SMILES string of the molecule is COC(=O)c1cc2cn[nH]c2cc1OC.O=c1ccccn1C1CCCCC1. The predicted octanol–water partition coefficient (Wildman–Crippen LogP) is 3.71. The standard InChI is InChI=1S/C11H15NO.C10H10N2O3/c13-11-8-4-5-9-12(11)10-6-2-1-3-7-10;1-14-9-4-8-6(5-11-12-8)3-7(9)10(13)15-2/h4-5,8-10H,1-3,6-7H2;3-5H,1-2H3,(H,11,12). The quantitative estimate of drug-likeness (QED) is 0.697. The van der Waals surface area contributed by atoms with Gasteiger partial charge in [-0.15, -0.1) is 0 Å². The second-order valence-corrected chi connectivity index (χ2v) is 6.74. The van der Waals surface area contributed by atoms with Crippen LogP contribution in [0.3, 0.4) is 0 Å². The lowest BCUT2D eigenvalue weighted by molar-refractivity contribution is 0.0597. The van der Waals surface area contributed by atoms with Gasteiger partial charge in [-0.05, 0) is 25.0 Å². The smallest absolute Gasteiger partial charge is 0.341 e. The Balaban J connectivity index is 0.000000162. The van der Waals surface area contributed by atoms with Crippen molar-refractivity contribution in [3.8, 4) is 5.75 Å². The summed E-state index contributed by atoms with van der Waals surface area (Å²) in [6.07, 6.45) is 9.77. The van der Waals surface area contributed by atoms with E-state index in [9.17, 15) is 9.59 Å². The van der Waals surface area contributed by atoms with E-state index < -0.39 is 5.97 Å². The largest absolute Gasteiger partial charge is 0.496 e. The average molecular weight is 383 g/mol. The van der Waals surface area contributed by atoms with Crippen molar-refractivity contribution in [3.63, 3.8) is 0 Å². The van der Waals surface area contributed by atoms with Crippen molar-refractivity contribution < 1.29 is 14.3 Å². The van der Waals surface area contributed by atoms with Crippen LogP contribution in [-0.2, 0) is 4.74 Å². The van der Waals surface area contributed by atoms with Crippen molar-refractivity contribution in [1.82, 2.24) is 14.8 Å². The lowest BCUT2D eigenvalue weighted by Crippen LogP contribution is -2.24. The molecule has 0 radical (unpaired) electrons. The van der Waals surface area contributed by atoms with E-state index >= 15 is 0 Å². The number of rotatable bonds is 3. The van der Waals surface area contributed by atoms with E-state index in [0.29, 0.717) is 17.4 Å². The van der Waals surface area contributed by atoms with Gasteiger partial charge in [0.2, 0.25) is 0 Å². The van der Waals surface area contributed by atoms with Gasteiger partial charge in [0.1, 0.15) is 11.3 Å². The molecule has 2 aromatic heterocycles. The molecule has 7 nitrogen and oxygen atoms in total. The van der Waals surface area contributed by atoms with E-state index in [0.717, 1.165) is 10.9 Å². The molecule has 1 fully saturated rings. The van der Waals surface area contributed by atoms with Crippen molar-refractivity contribution in [2.45, 2.75) is 38.1 Å². The molecule has 1 saturated carbocycles. The van der Waals surface area contributed by atoms with E-state index in [2.05, 4.69) is 14.9 Å². The summed E-state index contributed by atoms with van der Waals surface area (Å²) in [5, 5.41) is 7.51. The van der Waals surface area contributed by atoms with E-state index in [1.807, 2.05) is 22.9 Å². The Morgan fingerprint density at radius 2 is 1.96 bits per heavy atom. The number of nitrogens with one attached hydrogen (secondary N) is 1. The van der Waals surface area contributed by atoms with Gasteiger partial charge in [-0.2, -0.15) is 5.10 Å². The molecule has 0 saturated heterocycles. The van der Waals surface area contributed by atoms with Crippen molar-refractivity contribution in [2.75, 3.05) is 14.2 Å². The molecule has 7 heteroatoms. The average Bonchev–Trinajstić information content (AvgIpc) is 3.21. The summed E-state index contributed by atoms with van der Waals surface area (Å²) in [4.78, 5) is 22.9. The molecule has 28 heavy (non-hydrogen) atoms. The van der Waals surface area contributed by atoms with Crippen molar-refractivity contribution in [2.24, 2.45) is 0 Å². The van der Waals surface area contributed by atoms with Crippen molar-refractivity contribution in [1.29, 1.82) is 0 Å². The van der Waals surface area contributed by atoms with Gasteiger partial charge in [-0.3, -0.25) is 9.89 Å². The lowest BCUT2D eigenvalue weighted by Gasteiger charge is -2.23. The fraction of sp³-hybridized carbons (Fsp3) is 0.381. The van der Waals surface area contributed by atoms with Gasteiger partial charge in [-0.1, -0.05) is 25.3 Å². The Morgan fingerprint density at radius 1 is 1.18 bits per heavy atom. The normalized spacial score (nSPS) is 14.2. The zero-order chi connectivity index (χ0) is 19.9. The predicted molar refractivity (Wildman–Crippen MR) is 107 cm³/mol. The van der Waals surface area contributed by atoms with Crippen LogP contribution in [0, 0.1) is 0 Å². The van der Waals surface area contributed by atoms with Crippen LogP contribution in [0.15, 0.2) is 47.5 Å². The van der Waals surface area contributed by atoms with Gasteiger partial charge in [0.15, 0.2) is 0 Å². The zero-order valence-electron chi connectivity index (χ0n) is 16.2. The Hall–Kier alpha value is -3.09. The van der Waals surface area contributed by atoms with Gasteiger partial charge in [0, 0.05) is 29.8 Å². The lowest BCUT2D eigenvalue weighted by atomic mass is 9.95. The number of esters is 1. The first-order valence-corrected chi connectivity index (χ1v) is 9.40. The highest BCUT2D eigenvalue weighted by Crippen LogP contribution is 2.26. The molecule has 4 rings (SSSR count). The summed E-state index contributed by atoms with van der Waals surface area (Å²) in [6, 6.07) is 9.26. The first kappa shape index (κ1) is 19.7. The number of aromatic nitrogens is 3. The number of fused-ring (bicyclic) bond motifs is 1. The van der Waals surface area contributed by atoms with E-state index in [1.165, 1.54) is 46.3 Å². The minimum atomic E-state index is -0.421. The molecule has 2 heterocycles. The van der Waals surface area contributed by atoms with Gasteiger partial charge in [0.05, 0.1) is 25.9 Å². The van der Waals surface area contributed by atoms with E-state index in [-0.39, 0.29) is 5.56 Å². The number of methoxy groups -OCH3 is 2. The molecule has 1 aromatic carbocycles. The maximum Gasteiger partial charge on any atom is 0.341 e. The van der Waals surface area contributed by atoms with Gasteiger partial charge >= 0.3 is 5.97 Å². The number of aromatic amines is 1. The number of hydrogen-bond acceptors (Lipinski definition) is 5. The summed E-state index contributed by atoms with van der Waals surface area (Å²) < 4.78 is 11.6. The Kier molecular flexibility index (Phi) is 6.47. The Bertz CT molecular complexity index is 986. The first-order chi connectivity index (χ1) is 13.6. The van der Waals surface area contributed by atoms with Crippen LogP contribution < -0.4 is 10.3 Å². The minimum absolute atomic E-state index is 0.148. The minimum Gasteiger partial charge on any atom is -0.496 e. The van der Waals surface area contributed by atoms with Gasteiger partial charge < -0.3 is 14.0 Å². The van der Waals surface area contributed by atoms with Crippen molar-refractivity contribution in [3.05, 3.63) is 58.6 Å². The van der Waals surface area contributed by atoms with Crippen LogP contribution in [0.1, 0.15) is 48.5 Å². The van der Waals surface area contributed by atoms with Crippen LogP contribution in [0.25, 0.3) is 10.9 Å². The monoisotopic (exact) mass is 383 g/mol. The molecule has 1 aliphatic rings. The summed E-state index contributed by atoms with van der Waals surface area (Å²) in [7, 11) is 2.84. The maximum atomic E-state index is 11.5. The van der Waals surface area contributed by atoms with Crippen LogP contribution in [-0.4, -0.2) is 35.0 Å². The molecule has 0 aliphatic heterocycles. The molecule has 0 atom stereocenters. The highest BCUT2D eigenvalue weighted by Gasteiger charge is 2.15. The van der Waals surface area contributed by atoms with Crippen LogP contribution in [0.4, 0.5) is 0 Å². The van der Waals surface area contributed by atoms with Crippen molar-refractivity contribution >= 4 is 16.9 Å². The second kappa shape index (κ2) is 9.21. The number of nitrogens with zero attached hydrogens (tertiary/aromatic N) is 2. The number of H-pyrrole nitrogens is 1. The highest BCUT2D eigenvalue weighted by molar-refractivity contribution is 5.97. The molecule has 3 aromatic rings. The molecule has 148 valence electrons. The summed E-state index contributed by atoms with van der Waals surface area (Å²) in [5.74, 6) is 0.0496. The third-order valence-electron chi connectivity index (χ3n) is 4.98. The number of carbonyl (C=O) groups excluding carboxylic acids is 1. The Labute approximate surface area is 163 Å². The number of ether oxygens (including phenoxy) is 2. The van der Waals surface area contributed by atoms with Crippen LogP contribution in [0.5, 0.6) is 5.75 Å². The first-order valence-electron chi connectivity index (χ1n) is 9.40. The fourth-order valence-corrected chi connectivity index (χ4v) is 3.51. The van der Waals surface area contributed by atoms with Gasteiger partial charge in [-0.25, -0.2) is 4.79 Å². The molecular weight excluding hydrogens is 358 g/mol. The molecule has 1 aliphatic carbocycles. The van der Waals surface area contributed by atoms with Gasteiger partial charge in [0.25, 0.3) is 5.56 Å². The van der Waals surface area contributed by atoms with Crippen LogP contribution in [0.2, 0.25) is 0 Å². The number of hydrogen-bond donors (Lipinski definition) is 1. The molecule has 0 spiro atoms. The number of pyridine rings is 1. The number of benzene rings is 1. The topological polar surface area (TPSA) is 86.2 Å². The summed E-state index contributed by atoms with van der Waals surface area (Å²) in [5.41, 5.74) is 1.36. The molecular formula is C21H25N3O4. The maximum absolute atomic E-state index is 11.5. The third-order valence-corrected chi connectivity index (χ3v) is 4.98. The van der Waals surface area contributed by atoms with Crippen LogP contribution >= 0.6 is 0 Å². The number of carbonyl (C=O) groups is 1. The second-order valence-electron chi connectivity index (χ2n) is 6.74. The third kappa shape index (κ3) is 4.42. The fourth-order valence-electron chi connectivity index (χ4n) is 3.51. The molecule has 0 unspecified atom stereocenters. The summed E-state index contributed by atoms with van der Waals surface area (Å²) in [6.45, 7) is 0. The van der Waals surface area contributed by atoms with E-state index in [4.69, 9.17) is 4.74 Å². The highest BCUT2D eigenvalue weighted by atomic mass is 16.5. The molecule has 1 N–H and O–H groups in total. The summed E-state index contributed by atoms with van der Waals surface area (Å²) >= 11 is 0. The molecule has 0 bridgehead atoms. The zero-order valence-corrected chi connectivity index (χ0v) is 16.2. The van der Waals surface area contributed by atoms with E-state index in [1.54, 1.807) is 24.4 Å².